The minimum absolute atomic E-state index is 0.00156. The summed E-state index contributed by atoms with van der Waals surface area (Å²) in [7, 11) is -4.98. The summed E-state index contributed by atoms with van der Waals surface area (Å²) in [4.78, 5) is 48.6. The highest BCUT2D eigenvalue weighted by Gasteiger charge is 2.57. The fourth-order valence-electron chi connectivity index (χ4n) is 4.80. The Hall–Kier alpha value is -4.59. The lowest BCUT2D eigenvalue weighted by Gasteiger charge is -2.50. The number of carbonyl (C=O) groups is 3. The number of nitrogens with zero attached hydrogens (tertiary/aromatic N) is 5. The van der Waals surface area contributed by atoms with Crippen molar-refractivity contribution in [2.75, 3.05) is 25.4 Å². The van der Waals surface area contributed by atoms with E-state index in [0.29, 0.717) is 16.7 Å². The molecule has 0 saturated carbocycles. The van der Waals surface area contributed by atoms with Crippen molar-refractivity contribution in [1.82, 2.24) is 24.7 Å². The number of amides is 1. The van der Waals surface area contributed by atoms with Crippen molar-refractivity contribution in [3.8, 4) is 5.75 Å². The molecule has 2 saturated heterocycles. The molecule has 0 aliphatic carbocycles. The quantitative estimate of drug-likeness (QED) is 0.0437. The summed E-state index contributed by atoms with van der Waals surface area (Å²) in [5.41, 5.74) is 5.65. The number of benzene rings is 1. The number of carboxylic acids is 1. The van der Waals surface area contributed by atoms with Gasteiger partial charge in [-0.3, -0.25) is 19.1 Å². The molecule has 1 amide bonds. The number of carbonyl (C=O) groups excluding carboxylic acids is 3. The summed E-state index contributed by atoms with van der Waals surface area (Å²) < 4.78 is 76.7. The highest BCUT2D eigenvalue weighted by molar-refractivity contribution is 7.80. The monoisotopic (exact) mass is 778 g/mol. The fraction of sp³-hybridized carbons (Fsp3) is 0.464. The number of rotatable bonds is 14. The Bertz CT molecular complexity index is 1940. The van der Waals surface area contributed by atoms with Crippen LogP contribution in [0.3, 0.4) is 0 Å². The van der Waals surface area contributed by atoms with Gasteiger partial charge < -0.3 is 40.7 Å². The van der Waals surface area contributed by atoms with E-state index < -0.39 is 76.8 Å². The summed E-state index contributed by atoms with van der Waals surface area (Å²) in [6, 6.07) is 9.10. The number of nitrogens with two attached hydrogens (primary N) is 1. The largest absolute Gasteiger partial charge is 0.542 e. The summed E-state index contributed by atoms with van der Waals surface area (Å²) >= 11 is 0.759. The second-order valence-electron chi connectivity index (χ2n) is 11.9. The summed E-state index contributed by atoms with van der Waals surface area (Å²) in [5, 5.41) is 36.9. The number of nitrogen functional groups attached to an aromatic ring is 1. The molecule has 2 aliphatic heterocycles. The van der Waals surface area contributed by atoms with Gasteiger partial charge >= 0.3 is 16.6 Å². The summed E-state index contributed by atoms with van der Waals surface area (Å²) in [6.45, 7) is 4.42. The zero-order valence-corrected chi connectivity index (χ0v) is 28.6. The smallest absolute Gasteiger partial charge is 0.430 e. The molecule has 2 fully saturated rings. The molecule has 4 heterocycles. The third-order valence-electron chi connectivity index (χ3n) is 7.69. The number of oxime groups is 1. The van der Waals surface area contributed by atoms with Crippen LogP contribution in [0.1, 0.15) is 31.8 Å². The van der Waals surface area contributed by atoms with E-state index in [2.05, 4.69) is 24.1 Å². The molecule has 284 valence electrons. The lowest BCUT2D eigenvalue weighted by Crippen LogP contribution is -2.68. The maximum absolute atomic E-state index is 13.3. The maximum Gasteiger partial charge on any atom is 0.430 e. The molecular weight excluding hydrogens is 747 g/mol. The van der Waals surface area contributed by atoms with Crippen LogP contribution in [0, 0.1) is 11.8 Å². The van der Waals surface area contributed by atoms with Gasteiger partial charge in [0.05, 0.1) is 17.0 Å². The number of alkyl halides is 3. The first-order valence-electron chi connectivity index (χ1n) is 14.9. The molecule has 0 spiro atoms. The molecule has 2 atom stereocenters. The second-order valence-corrected chi connectivity index (χ2v) is 13.7. The van der Waals surface area contributed by atoms with E-state index in [4.69, 9.17) is 34.7 Å². The minimum Gasteiger partial charge on any atom is -0.542 e. The second kappa shape index (κ2) is 16.0. The van der Waals surface area contributed by atoms with Gasteiger partial charge in [0.15, 0.2) is 22.9 Å². The van der Waals surface area contributed by atoms with Gasteiger partial charge in [-0.1, -0.05) is 11.2 Å². The molecule has 2 aromatic heterocycles. The number of hydrogen-bond acceptors (Lipinski definition) is 18. The van der Waals surface area contributed by atoms with E-state index in [1.54, 1.807) is 18.2 Å². The maximum atomic E-state index is 13.3. The average Bonchev–Trinajstić information content (AvgIpc) is 3.46. The molecule has 0 unspecified atom stereocenters. The molecule has 3 aromatic rings. The number of aliphatic hydroxyl groups excluding tert-OH is 1. The van der Waals surface area contributed by atoms with Crippen molar-refractivity contribution in [3.05, 3.63) is 41.9 Å². The van der Waals surface area contributed by atoms with Crippen LogP contribution < -0.4 is 20.9 Å². The number of β-lactam (4-membered cyclic amide) rings is 1. The number of nitrogens with one attached hydrogen (secondary N) is 1. The molecule has 19 nitrogen and oxygen atoms in total. The van der Waals surface area contributed by atoms with E-state index in [0.717, 1.165) is 47.6 Å². The zero-order chi connectivity index (χ0) is 38.6. The van der Waals surface area contributed by atoms with E-state index in [1.807, 2.05) is 12.1 Å². The fourth-order valence-corrected chi connectivity index (χ4v) is 5.69. The van der Waals surface area contributed by atoms with Gasteiger partial charge in [0, 0.05) is 29.0 Å². The first-order chi connectivity index (χ1) is 24.2. The first kappa shape index (κ1) is 40.2. The molecule has 5 rings (SSSR count). The van der Waals surface area contributed by atoms with Gasteiger partial charge in [-0.05, 0) is 63.5 Å². The molecule has 0 radical (unpaired) electrons. The van der Waals surface area contributed by atoms with Gasteiger partial charge in [0.25, 0.3) is 5.91 Å². The molecular formula is C28H31F3N7O12S2-. The van der Waals surface area contributed by atoms with Crippen molar-refractivity contribution >= 4 is 61.3 Å². The lowest BCUT2D eigenvalue weighted by molar-refractivity contribution is -0.344. The Morgan fingerprint density at radius 1 is 1.21 bits per heavy atom. The number of Topliss-reactive ketones (excluding diaryl/α,β-unsaturated/α-hetero) is 1. The predicted octanol–water partition coefficient (Wildman–Crippen LogP) is -0.861. The Kier molecular flexibility index (Phi) is 12.3. The van der Waals surface area contributed by atoms with Crippen LogP contribution in [0.2, 0.25) is 0 Å². The first-order valence-corrected chi connectivity index (χ1v) is 17.0. The Labute approximate surface area is 296 Å². The summed E-state index contributed by atoms with van der Waals surface area (Å²) in [5.74, 6) is -5.03. The van der Waals surface area contributed by atoms with E-state index in [1.165, 1.54) is 13.8 Å². The summed E-state index contributed by atoms with van der Waals surface area (Å²) in [6.07, 6.45) is -8.37. The standard InChI is InChI=1S/C26H31N7O10S2.C2HF3O2/c1-26(2)17(23(35)33(26)43-45(38,39)40)9-19(34)21(22-30-25(27)44-32-22)31-42-20(24(36)37)12-41-16-5-6-18-14(8-16)3-4-15(29-18)7-13-10-28-11-13;3-2(4,5)1(6)7/h3-6,8,13,17,20,24,28,36-37H,7,9-12H2,1-2H3,(H2,27,30,32)(H,38,39,40);(H,6,7)/p-1/b31-21+;/t17-,20+;/m1./s1. The minimum atomic E-state index is -5.19. The van der Waals surface area contributed by atoms with Crippen LogP contribution in [-0.2, 0) is 40.3 Å². The number of ketones is 1. The van der Waals surface area contributed by atoms with Crippen molar-refractivity contribution in [1.29, 1.82) is 0 Å². The number of ether oxygens (including phenoxy) is 1. The van der Waals surface area contributed by atoms with Gasteiger partial charge in [0.1, 0.15) is 18.3 Å². The SMILES string of the molecule is CC1(C)[C@H](CC(=O)/C(=N\O[C@@H](COc2ccc3nc(CC4CNC4)ccc3c2)C(O)O)c2nsc(N)n2)C(=O)N1OS(=O)(=O)O.O=C([O-])C(F)(F)F. The number of hydrogen-bond donors (Lipinski definition) is 5. The van der Waals surface area contributed by atoms with Gasteiger partial charge in [0.2, 0.25) is 11.9 Å². The van der Waals surface area contributed by atoms with Gasteiger partial charge in [-0.15, -0.1) is 4.28 Å². The molecule has 52 heavy (non-hydrogen) atoms. The molecule has 1 aromatic carbocycles. The van der Waals surface area contributed by atoms with Crippen molar-refractivity contribution < 1.29 is 69.7 Å². The molecule has 6 N–H and O–H groups in total. The topological polar surface area (TPSA) is 289 Å². The lowest BCUT2D eigenvalue weighted by atomic mass is 9.75. The van der Waals surface area contributed by atoms with E-state index >= 15 is 0 Å². The molecule has 0 bridgehead atoms. The number of hydroxylamine groups is 2. The number of carboxylic acid groups (broad SMARTS) is 1. The van der Waals surface area contributed by atoms with Gasteiger partial charge in [-0.2, -0.15) is 36.0 Å². The van der Waals surface area contributed by atoms with E-state index in [-0.39, 0.29) is 11.0 Å². The third kappa shape index (κ3) is 10.3. The van der Waals surface area contributed by atoms with Crippen molar-refractivity contribution in [3.63, 3.8) is 0 Å². The van der Waals surface area contributed by atoms with Crippen molar-refractivity contribution in [2.24, 2.45) is 17.0 Å². The van der Waals surface area contributed by atoms with Crippen molar-refractivity contribution in [2.45, 2.75) is 50.8 Å². The number of halogens is 3. The van der Waals surface area contributed by atoms with Crippen LogP contribution in [-0.4, -0.2) is 110 Å². The normalized spacial score (nSPS) is 18.2. The average molecular weight is 779 g/mol. The number of fused-ring (bicyclic) bond motifs is 1. The Balaban J connectivity index is 0.000000785. The van der Waals surface area contributed by atoms with Gasteiger partial charge in [-0.25, -0.2) is 0 Å². The number of pyridine rings is 1. The zero-order valence-electron chi connectivity index (χ0n) is 27.0. The highest BCUT2D eigenvalue weighted by Crippen LogP contribution is 2.40. The van der Waals surface area contributed by atoms with Crippen LogP contribution in [0.4, 0.5) is 18.3 Å². The molecule has 24 heteroatoms. The Morgan fingerprint density at radius 3 is 2.40 bits per heavy atom. The number of aromatic nitrogens is 3. The van der Waals surface area contributed by atoms with Crippen LogP contribution in [0.15, 0.2) is 35.5 Å². The number of anilines is 1. The number of aliphatic hydroxyl groups is 2. The van der Waals surface area contributed by atoms with Crippen LogP contribution in [0.5, 0.6) is 5.75 Å². The van der Waals surface area contributed by atoms with Crippen LogP contribution in [0.25, 0.3) is 10.9 Å². The predicted molar refractivity (Wildman–Crippen MR) is 169 cm³/mol. The van der Waals surface area contributed by atoms with Crippen LogP contribution >= 0.6 is 11.5 Å². The molecule has 2 aliphatic rings. The third-order valence-corrected chi connectivity index (χ3v) is 8.57. The number of aliphatic carboxylic acids is 1. The Morgan fingerprint density at radius 2 is 1.88 bits per heavy atom. The highest BCUT2D eigenvalue weighted by atomic mass is 32.3. The van der Waals surface area contributed by atoms with E-state index in [9.17, 15) is 41.4 Å².